The molecule has 1 aromatic heterocycles. The van der Waals surface area contributed by atoms with Crippen LogP contribution in [0, 0.1) is 0 Å². The molecule has 1 aliphatic rings. The van der Waals surface area contributed by atoms with Gasteiger partial charge in [0.15, 0.2) is 0 Å². The predicted octanol–water partition coefficient (Wildman–Crippen LogP) is 1.71. The van der Waals surface area contributed by atoms with Crippen molar-refractivity contribution in [2.75, 3.05) is 17.2 Å². The minimum atomic E-state index is -0.109. The number of rotatable bonds is 2. The van der Waals surface area contributed by atoms with Gasteiger partial charge in [-0.3, -0.25) is 9.78 Å². The van der Waals surface area contributed by atoms with Crippen LogP contribution in [0.25, 0.3) is 0 Å². The van der Waals surface area contributed by atoms with Gasteiger partial charge in [-0.1, -0.05) is 0 Å². The van der Waals surface area contributed by atoms with Gasteiger partial charge in [0.1, 0.15) is 0 Å². The Bertz CT molecular complexity index is 383. The van der Waals surface area contributed by atoms with Crippen LogP contribution in [0.1, 0.15) is 23.2 Å². The molecule has 0 aliphatic carbocycles. The summed E-state index contributed by atoms with van der Waals surface area (Å²) in [6, 6.07) is 1.93. The Labute approximate surface area is 111 Å². The number of thioether (sulfide) groups is 1. The average Bonchev–Trinajstić information content (AvgIpc) is 2.31. The van der Waals surface area contributed by atoms with E-state index in [-0.39, 0.29) is 24.4 Å². The van der Waals surface area contributed by atoms with E-state index < -0.39 is 0 Å². The average molecular weight is 274 g/mol. The molecule has 2 rings (SSSR count). The Balaban J connectivity index is 0.00000144. The topological polar surface area (TPSA) is 68.0 Å². The molecule has 0 atom stereocenters. The van der Waals surface area contributed by atoms with Crippen LogP contribution in [0.15, 0.2) is 18.5 Å². The van der Waals surface area contributed by atoms with Gasteiger partial charge in [0, 0.05) is 24.1 Å². The molecule has 2 heterocycles. The molecule has 3 N–H and O–H groups in total. The van der Waals surface area contributed by atoms with Gasteiger partial charge in [0.25, 0.3) is 5.91 Å². The number of halogens is 1. The molecule has 6 heteroatoms. The maximum absolute atomic E-state index is 11.9. The molecule has 4 nitrogen and oxygen atoms in total. The summed E-state index contributed by atoms with van der Waals surface area (Å²) < 4.78 is 0. The smallest absolute Gasteiger partial charge is 0.255 e. The summed E-state index contributed by atoms with van der Waals surface area (Å²) in [5.41, 5.74) is 6.68. The van der Waals surface area contributed by atoms with Crippen molar-refractivity contribution >= 4 is 35.8 Å². The quantitative estimate of drug-likeness (QED) is 0.861. The number of aromatic nitrogens is 1. The van der Waals surface area contributed by atoms with E-state index in [0.717, 1.165) is 24.3 Å². The molecule has 1 fully saturated rings. The van der Waals surface area contributed by atoms with Gasteiger partial charge in [0.2, 0.25) is 0 Å². The number of nitrogen functional groups attached to an aromatic ring is 1. The molecule has 0 spiro atoms. The van der Waals surface area contributed by atoms with Crippen molar-refractivity contribution in [3.8, 4) is 0 Å². The summed E-state index contributed by atoms with van der Waals surface area (Å²) >= 11 is 1.94. The van der Waals surface area contributed by atoms with Crippen LogP contribution in [0.4, 0.5) is 5.69 Å². The Morgan fingerprint density at radius 1 is 1.47 bits per heavy atom. The molecule has 1 amide bonds. The first-order valence-electron chi connectivity index (χ1n) is 5.35. The largest absolute Gasteiger partial charge is 0.398 e. The SMILES string of the molecule is Cl.Nc1ccncc1C(=O)NC1CCSCC1. The molecule has 17 heavy (non-hydrogen) atoms. The number of hydrogen-bond donors (Lipinski definition) is 2. The molecule has 0 radical (unpaired) electrons. The normalized spacial score (nSPS) is 16.0. The Morgan fingerprint density at radius 2 is 2.18 bits per heavy atom. The fourth-order valence-electron chi connectivity index (χ4n) is 1.70. The van der Waals surface area contributed by atoms with E-state index in [1.54, 1.807) is 12.3 Å². The minimum Gasteiger partial charge on any atom is -0.398 e. The van der Waals surface area contributed by atoms with Crippen LogP contribution < -0.4 is 11.1 Å². The zero-order valence-electron chi connectivity index (χ0n) is 9.39. The summed E-state index contributed by atoms with van der Waals surface area (Å²) in [4.78, 5) is 15.8. The standard InChI is InChI=1S/C11H15N3OS.ClH/c12-10-1-4-13-7-9(10)11(15)14-8-2-5-16-6-3-8;/h1,4,7-8H,2-3,5-6H2,(H2,12,13)(H,14,15);1H. The van der Waals surface area contributed by atoms with E-state index in [2.05, 4.69) is 10.3 Å². The molecule has 0 unspecified atom stereocenters. The molecule has 1 saturated heterocycles. The first-order valence-corrected chi connectivity index (χ1v) is 6.51. The number of nitrogens with two attached hydrogens (primary N) is 1. The van der Waals surface area contributed by atoms with E-state index in [0.29, 0.717) is 11.3 Å². The van der Waals surface area contributed by atoms with E-state index >= 15 is 0 Å². The second-order valence-electron chi connectivity index (χ2n) is 3.82. The van der Waals surface area contributed by atoms with Crippen molar-refractivity contribution < 1.29 is 4.79 Å². The lowest BCUT2D eigenvalue weighted by molar-refractivity contribution is 0.0935. The van der Waals surface area contributed by atoms with Gasteiger partial charge in [-0.15, -0.1) is 12.4 Å². The van der Waals surface area contributed by atoms with Crippen molar-refractivity contribution in [1.82, 2.24) is 10.3 Å². The first kappa shape index (κ1) is 14.1. The number of carbonyl (C=O) groups excluding carboxylic acids is 1. The number of anilines is 1. The lowest BCUT2D eigenvalue weighted by Gasteiger charge is -2.22. The van der Waals surface area contributed by atoms with Crippen LogP contribution in [0.5, 0.6) is 0 Å². The zero-order chi connectivity index (χ0) is 11.4. The predicted molar refractivity (Wildman–Crippen MR) is 73.7 cm³/mol. The molecular formula is C11H16ClN3OS. The summed E-state index contributed by atoms with van der Waals surface area (Å²) in [6.07, 6.45) is 5.18. The van der Waals surface area contributed by atoms with Gasteiger partial charge in [-0.25, -0.2) is 0 Å². The van der Waals surface area contributed by atoms with Gasteiger partial charge < -0.3 is 11.1 Å². The van der Waals surface area contributed by atoms with Gasteiger partial charge in [0.05, 0.1) is 5.56 Å². The third kappa shape index (κ3) is 3.78. The van der Waals surface area contributed by atoms with Gasteiger partial charge >= 0.3 is 0 Å². The number of carbonyl (C=O) groups is 1. The highest BCUT2D eigenvalue weighted by Gasteiger charge is 2.17. The molecule has 0 aromatic carbocycles. The molecule has 1 aliphatic heterocycles. The van der Waals surface area contributed by atoms with Crippen LogP contribution in [0.2, 0.25) is 0 Å². The van der Waals surface area contributed by atoms with Gasteiger partial charge in [-0.05, 0) is 30.4 Å². The molecule has 1 aromatic rings. The molecule has 94 valence electrons. The maximum atomic E-state index is 11.9. The van der Waals surface area contributed by atoms with Crippen molar-refractivity contribution in [1.29, 1.82) is 0 Å². The summed E-state index contributed by atoms with van der Waals surface area (Å²) in [7, 11) is 0. The maximum Gasteiger partial charge on any atom is 0.255 e. The van der Waals surface area contributed by atoms with Crippen molar-refractivity contribution in [2.45, 2.75) is 18.9 Å². The Morgan fingerprint density at radius 3 is 2.82 bits per heavy atom. The Hall–Kier alpha value is -0.940. The highest BCUT2D eigenvalue weighted by atomic mass is 35.5. The fourth-order valence-corrected chi connectivity index (χ4v) is 2.81. The van der Waals surface area contributed by atoms with Crippen molar-refractivity contribution in [3.63, 3.8) is 0 Å². The first-order chi connectivity index (χ1) is 7.77. The van der Waals surface area contributed by atoms with E-state index in [9.17, 15) is 4.79 Å². The molecular weight excluding hydrogens is 258 g/mol. The van der Waals surface area contributed by atoms with E-state index in [1.807, 2.05) is 11.8 Å². The lowest BCUT2D eigenvalue weighted by Crippen LogP contribution is -2.37. The Kier molecular flexibility index (Phi) is 5.58. The molecule has 0 bridgehead atoms. The minimum absolute atomic E-state index is 0. The second kappa shape index (κ2) is 6.71. The van der Waals surface area contributed by atoms with Crippen molar-refractivity contribution in [3.05, 3.63) is 24.0 Å². The van der Waals surface area contributed by atoms with Crippen LogP contribution in [-0.4, -0.2) is 28.4 Å². The highest BCUT2D eigenvalue weighted by molar-refractivity contribution is 7.99. The number of amides is 1. The third-order valence-corrected chi connectivity index (χ3v) is 3.70. The lowest BCUT2D eigenvalue weighted by atomic mass is 10.1. The fraction of sp³-hybridized carbons (Fsp3) is 0.455. The van der Waals surface area contributed by atoms with Crippen LogP contribution >= 0.6 is 24.2 Å². The van der Waals surface area contributed by atoms with Crippen LogP contribution in [0.3, 0.4) is 0 Å². The third-order valence-electron chi connectivity index (χ3n) is 2.66. The summed E-state index contributed by atoms with van der Waals surface area (Å²) in [5.74, 6) is 2.13. The van der Waals surface area contributed by atoms with Crippen LogP contribution in [-0.2, 0) is 0 Å². The second-order valence-corrected chi connectivity index (χ2v) is 5.05. The van der Waals surface area contributed by atoms with E-state index in [4.69, 9.17) is 5.73 Å². The van der Waals surface area contributed by atoms with E-state index in [1.165, 1.54) is 6.20 Å². The number of nitrogens with one attached hydrogen (secondary N) is 1. The van der Waals surface area contributed by atoms with Gasteiger partial charge in [-0.2, -0.15) is 11.8 Å². The van der Waals surface area contributed by atoms with Crippen molar-refractivity contribution in [2.24, 2.45) is 0 Å². The number of hydrogen-bond acceptors (Lipinski definition) is 4. The number of pyridine rings is 1. The highest BCUT2D eigenvalue weighted by Crippen LogP contribution is 2.18. The zero-order valence-corrected chi connectivity index (χ0v) is 11.0. The number of nitrogens with zero attached hydrogens (tertiary/aromatic N) is 1. The summed E-state index contributed by atoms with van der Waals surface area (Å²) in [6.45, 7) is 0. The summed E-state index contributed by atoms with van der Waals surface area (Å²) in [5, 5.41) is 3.00. The molecule has 0 saturated carbocycles. The monoisotopic (exact) mass is 273 g/mol.